The predicted octanol–water partition coefficient (Wildman–Crippen LogP) is 4.65. The molecular formula is C13H19Br. The minimum Gasteiger partial charge on any atom is -0.103 e. The lowest BCUT2D eigenvalue weighted by molar-refractivity contribution is 0.430. The van der Waals surface area contributed by atoms with Crippen LogP contribution >= 0.6 is 15.9 Å². The van der Waals surface area contributed by atoms with E-state index in [1.807, 2.05) is 0 Å². The summed E-state index contributed by atoms with van der Waals surface area (Å²) < 4.78 is 1.09. The normalized spacial score (nSPS) is 17.2. The molecule has 1 saturated carbocycles. The fraction of sp³-hybridized carbons (Fsp3) is 0.692. The summed E-state index contributed by atoms with van der Waals surface area (Å²) in [5, 5.41) is 0. The predicted molar refractivity (Wildman–Crippen MR) is 66.3 cm³/mol. The Morgan fingerprint density at radius 1 is 1.29 bits per heavy atom. The molecule has 0 nitrogen and oxygen atoms in total. The van der Waals surface area contributed by atoms with Gasteiger partial charge >= 0.3 is 0 Å². The summed E-state index contributed by atoms with van der Waals surface area (Å²) in [5.74, 6) is 7.40. The molecule has 0 aliphatic heterocycles. The molecule has 1 aliphatic rings. The van der Waals surface area contributed by atoms with Gasteiger partial charge in [0, 0.05) is 12.3 Å². The SMILES string of the molecule is C=C(Br)CCCC#CC1CCCCC1. The smallest absolute Gasteiger partial charge is 0.0202 e. The maximum Gasteiger partial charge on any atom is 0.0202 e. The first-order valence-corrected chi connectivity index (χ1v) is 6.40. The molecule has 0 aromatic heterocycles. The maximum atomic E-state index is 3.81. The molecular weight excluding hydrogens is 236 g/mol. The van der Waals surface area contributed by atoms with Crippen molar-refractivity contribution >= 4 is 15.9 Å². The number of rotatable bonds is 3. The van der Waals surface area contributed by atoms with Gasteiger partial charge in [0.05, 0.1) is 0 Å². The molecule has 0 aromatic carbocycles. The van der Waals surface area contributed by atoms with Gasteiger partial charge in [-0.2, -0.15) is 0 Å². The molecule has 0 atom stereocenters. The standard InChI is InChI=1S/C13H19Br/c1-12(14)8-4-2-5-9-13-10-6-3-7-11-13/h13H,1-4,6-8,10-11H2. The highest BCUT2D eigenvalue weighted by atomic mass is 79.9. The van der Waals surface area contributed by atoms with Crippen molar-refractivity contribution in [2.45, 2.75) is 51.4 Å². The van der Waals surface area contributed by atoms with Crippen molar-refractivity contribution in [3.63, 3.8) is 0 Å². The van der Waals surface area contributed by atoms with Gasteiger partial charge in [0.1, 0.15) is 0 Å². The minimum absolute atomic E-state index is 0.705. The molecule has 0 saturated heterocycles. The molecule has 0 heterocycles. The van der Waals surface area contributed by atoms with Crippen LogP contribution in [0.1, 0.15) is 51.4 Å². The van der Waals surface area contributed by atoms with Crippen LogP contribution in [0.5, 0.6) is 0 Å². The Labute approximate surface area is 96.3 Å². The van der Waals surface area contributed by atoms with Crippen LogP contribution in [-0.2, 0) is 0 Å². The van der Waals surface area contributed by atoms with Gasteiger partial charge in [0.15, 0.2) is 0 Å². The first-order valence-electron chi connectivity index (χ1n) is 5.60. The summed E-state index contributed by atoms with van der Waals surface area (Å²) in [7, 11) is 0. The Morgan fingerprint density at radius 2 is 2.00 bits per heavy atom. The first kappa shape index (κ1) is 11.9. The van der Waals surface area contributed by atoms with Gasteiger partial charge in [0.25, 0.3) is 0 Å². The molecule has 0 radical (unpaired) electrons. The number of hydrogen-bond donors (Lipinski definition) is 0. The fourth-order valence-electron chi connectivity index (χ4n) is 1.83. The van der Waals surface area contributed by atoms with E-state index in [2.05, 4.69) is 34.3 Å². The summed E-state index contributed by atoms with van der Waals surface area (Å²) in [5.41, 5.74) is 0. The van der Waals surface area contributed by atoms with Gasteiger partial charge in [-0.1, -0.05) is 47.7 Å². The van der Waals surface area contributed by atoms with Crippen molar-refractivity contribution in [1.29, 1.82) is 0 Å². The van der Waals surface area contributed by atoms with E-state index in [0.717, 1.165) is 23.7 Å². The van der Waals surface area contributed by atoms with E-state index in [1.165, 1.54) is 32.1 Å². The highest BCUT2D eigenvalue weighted by molar-refractivity contribution is 9.11. The Bertz CT molecular complexity index is 225. The third-order valence-corrected chi connectivity index (χ3v) is 3.06. The number of halogens is 1. The summed E-state index contributed by atoms with van der Waals surface area (Å²) in [6.45, 7) is 3.81. The molecule has 78 valence electrons. The van der Waals surface area contributed by atoms with E-state index >= 15 is 0 Å². The van der Waals surface area contributed by atoms with Crippen LogP contribution in [0.15, 0.2) is 11.1 Å². The summed E-state index contributed by atoms with van der Waals surface area (Å²) in [4.78, 5) is 0. The van der Waals surface area contributed by atoms with E-state index in [-0.39, 0.29) is 0 Å². The van der Waals surface area contributed by atoms with Crippen LogP contribution in [0.25, 0.3) is 0 Å². The van der Waals surface area contributed by atoms with Gasteiger partial charge in [-0.25, -0.2) is 0 Å². The second kappa shape index (κ2) is 7.12. The molecule has 0 spiro atoms. The monoisotopic (exact) mass is 254 g/mol. The molecule has 1 rings (SSSR count). The highest BCUT2D eigenvalue weighted by Crippen LogP contribution is 2.22. The summed E-state index contributed by atoms with van der Waals surface area (Å²) >= 11 is 3.36. The van der Waals surface area contributed by atoms with E-state index in [1.54, 1.807) is 0 Å². The molecule has 0 unspecified atom stereocenters. The lowest BCUT2D eigenvalue weighted by Gasteiger charge is -2.15. The van der Waals surface area contributed by atoms with Crippen molar-refractivity contribution in [2.24, 2.45) is 5.92 Å². The van der Waals surface area contributed by atoms with Gasteiger partial charge in [-0.3, -0.25) is 0 Å². The third-order valence-electron chi connectivity index (χ3n) is 2.66. The average molecular weight is 255 g/mol. The summed E-state index contributed by atoms with van der Waals surface area (Å²) in [6, 6.07) is 0. The number of allylic oxidation sites excluding steroid dienone is 1. The van der Waals surface area contributed by atoms with Crippen molar-refractivity contribution in [2.75, 3.05) is 0 Å². The van der Waals surface area contributed by atoms with Gasteiger partial charge < -0.3 is 0 Å². The fourth-order valence-corrected chi connectivity index (χ4v) is 2.11. The molecule has 1 aliphatic carbocycles. The van der Waals surface area contributed by atoms with Crippen molar-refractivity contribution in [3.05, 3.63) is 11.1 Å². The molecule has 0 bridgehead atoms. The zero-order chi connectivity index (χ0) is 10.2. The minimum atomic E-state index is 0.705. The molecule has 14 heavy (non-hydrogen) atoms. The van der Waals surface area contributed by atoms with Crippen LogP contribution < -0.4 is 0 Å². The molecule has 0 amide bonds. The van der Waals surface area contributed by atoms with E-state index in [4.69, 9.17) is 0 Å². The third kappa shape index (κ3) is 5.50. The molecule has 1 heteroatoms. The zero-order valence-electron chi connectivity index (χ0n) is 8.82. The van der Waals surface area contributed by atoms with E-state index < -0.39 is 0 Å². The Kier molecular flexibility index (Phi) is 6.03. The van der Waals surface area contributed by atoms with Gasteiger partial charge in [0.2, 0.25) is 0 Å². The number of hydrogen-bond acceptors (Lipinski definition) is 0. The number of unbranched alkanes of at least 4 members (excludes halogenated alkanes) is 1. The van der Waals surface area contributed by atoms with Crippen molar-refractivity contribution < 1.29 is 0 Å². The van der Waals surface area contributed by atoms with Gasteiger partial charge in [-0.15, -0.1) is 5.92 Å². The molecule has 0 N–H and O–H groups in total. The Morgan fingerprint density at radius 3 is 2.64 bits per heavy atom. The lowest BCUT2D eigenvalue weighted by Crippen LogP contribution is -2.02. The van der Waals surface area contributed by atoms with Crippen molar-refractivity contribution in [3.8, 4) is 11.8 Å². The van der Waals surface area contributed by atoms with Crippen LogP contribution in [0.2, 0.25) is 0 Å². The van der Waals surface area contributed by atoms with E-state index in [9.17, 15) is 0 Å². The Hall–Kier alpha value is -0.220. The lowest BCUT2D eigenvalue weighted by atomic mass is 9.90. The first-order chi connectivity index (χ1) is 6.79. The summed E-state index contributed by atoms with van der Waals surface area (Å²) in [6.07, 6.45) is 10.1. The van der Waals surface area contributed by atoms with Crippen LogP contribution in [0, 0.1) is 17.8 Å². The zero-order valence-corrected chi connectivity index (χ0v) is 10.4. The van der Waals surface area contributed by atoms with E-state index in [0.29, 0.717) is 5.92 Å². The van der Waals surface area contributed by atoms with Gasteiger partial charge in [-0.05, 0) is 30.2 Å². The topological polar surface area (TPSA) is 0 Å². The Balaban J connectivity index is 2.09. The molecule has 0 aromatic rings. The van der Waals surface area contributed by atoms with Crippen LogP contribution in [-0.4, -0.2) is 0 Å². The second-order valence-corrected chi connectivity index (χ2v) is 5.15. The quantitative estimate of drug-likeness (QED) is 0.508. The highest BCUT2D eigenvalue weighted by Gasteiger charge is 2.09. The maximum absolute atomic E-state index is 3.81. The average Bonchev–Trinajstić information content (AvgIpc) is 2.18. The van der Waals surface area contributed by atoms with Crippen LogP contribution in [0.4, 0.5) is 0 Å². The second-order valence-electron chi connectivity index (χ2n) is 4.03. The van der Waals surface area contributed by atoms with Crippen molar-refractivity contribution in [1.82, 2.24) is 0 Å². The largest absolute Gasteiger partial charge is 0.103 e. The van der Waals surface area contributed by atoms with Crippen LogP contribution in [0.3, 0.4) is 0 Å². The molecule has 1 fully saturated rings.